The van der Waals surface area contributed by atoms with Gasteiger partial charge in [0.05, 0.1) is 6.10 Å². The number of nitrogens with one attached hydrogen (secondary N) is 1. The zero-order valence-corrected chi connectivity index (χ0v) is 10.6. The standard InChI is InChI=1S/C13H18N4O/c1-17-12(9-18-10-4-7-14-8-5-10)16-11-3-2-6-15-13(11)17/h2-3,6,10,14H,4-5,7-9H2,1H3. The Morgan fingerprint density at radius 3 is 3.06 bits per heavy atom. The molecule has 3 heterocycles. The van der Waals surface area contributed by atoms with E-state index in [4.69, 9.17) is 4.74 Å². The van der Waals surface area contributed by atoms with E-state index >= 15 is 0 Å². The molecule has 0 radical (unpaired) electrons. The maximum Gasteiger partial charge on any atom is 0.159 e. The minimum Gasteiger partial charge on any atom is -0.370 e. The van der Waals surface area contributed by atoms with Crippen molar-refractivity contribution in [2.75, 3.05) is 13.1 Å². The first-order valence-electron chi connectivity index (χ1n) is 6.43. The molecule has 2 aromatic rings. The van der Waals surface area contributed by atoms with Gasteiger partial charge in [0.2, 0.25) is 0 Å². The molecule has 1 saturated heterocycles. The van der Waals surface area contributed by atoms with E-state index in [1.165, 1.54) is 0 Å². The van der Waals surface area contributed by atoms with Crippen LogP contribution in [0, 0.1) is 0 Å². The minimum atomic E-state index is 0.360. The van der Waals surface area contributed by atoms with E-state index in [1.54, 1.807) is 6.20 Å². The number of pyridine rings is 1. The average Bonchev–Trinajstić information content (AvgIpc) is 2.75. The molecule has 1 aliphatic heterocycles. The summed E-state index contributed by atoms with van der Waals surface area (Å²) >= 11 is 0. The number of hydrogen-bond acceptors (Lipinski definition) is 4. The fraction of sp³-hybridized carbons (Fsp3) is 0.538. The van der Waals surface area contributed by atoms with Crippen LogP contribution in [-0.4, -0.2) is 33.7 Å². The minimum absolute atomic E-state index is 0.360. The van der Waals surface area contributed by atoms with Crippen LogP contribution in [0.4, 0.5) is 0 Å². The van der Waals surface area contributed by atoms with E-state index in [0.29, 0.717) is 12.7 Å². The van der Waals surface area contributed by atoms with Gasteiger partial charge in [-0.2, -0.15) is 0 Å². The predicted molar refractivity (Wildman–Crippen MR) is 69.2 cm³/mol. The second-order valence-electron chi connectivity index (χ2n) is 4.69. The van der Waals surface area contributed by atoms with Gasteiger partial charge in [-0.1, -0.05) is 0 Å². The third-order valence-corrected chi connectivity index (χ3v) is 3.45. The Morgan fingerprint density at radius 2 is 2.28 bits per heavy atom. The van der Waals surface area contributed by atoms with Gasteiger partial charge in [0.15, 0.2) is 5.65 Å². The summed E-state index contributed by atoms with van der Waals surface area (Å²) in [5.74, 6) is 0.947. The Bertz CT molecular complexity index is 531. The lowest BCUT2D eigenvalue weighted by molar-refractivity contribution is 0.0170. The highest BCUT2D eigenvalue weighted by atomic mass is 16.5. The SMILES string of the molecule is Cn1c(COC2CCNCC2)nc2cccnc21. The van der Waals surface area contributed by atoms with Crippen molar-refractivity contribution in [3.05, 3.63) is 24.2 Å². The van der Waals surface area contributed by atoms with Gasteiger partial charge in [-0.25, -0.2) is 9.97 Å². The van der Waals surface area contributed by atoms with E-state index in [9.17, 15) is 0 Å². The molecule has 18 heavy (non-hydrogen) atoms. The number of fused-ring (bicyclic) bond motifs is 1. The number of rotatable bonds is 3. The molecule has 96 valence electrons. The first-order valence-corrected chi connectivity index (χ1v) is 6.43. The molecule has 1 aliphatic rings. The largest absolute Gasteiger partial charge is 0.370 e. The average molecular weight is 246 g/mol. The Kier molecular flexibility index (Phi) is 3.25. The van der Waals surface area contributed by atoms with Crippen LogP contribution in [0.15, 0.2) is 18.3 Å². The maximum absolute atomic E-state index is 5.93. The van der Waals surface area contributed by atoms with Crippen molar-refractivity contribution < 1.29 is 4.74 Å². The second-order valence-corrected chi connectivity index (χ2v) is 4.69. The van der Waals surface area contributed by atoms with Crippen LogP contribution in [0.5, 0.6) is 0 Å². The van der Waals surface area contributed by atoms with Crippen LogP contribution in [0.1, 0.15) is 18.7 Å². The third-order valence-electron chi connectivity index (χ3n) is 3.45. The van der Waals surface area contributed by atoms with Crippen LogP contribution in [-0.2, 0) is 18.4 Å². The molecule has 0 saturated carbocycles. The number of hydrogen-bond donors (Lipinski definition) is 1. The molecule has 0 aromatic carbocycles. The second kappa shape index (κ2) is 5.04. The fourth-order valence-corrected chi connectivity index (χ4v) is 2.35. The van der Waals surface area contributed by atoms with E-state index in [-0.39, 0.29) is 0 Å². The molecule has 5 nitrogen and oxygen atoms in total. The molecule has 0 atom stereocenters. The molecule has 1 N–H and O–H groups in total. The highest BCUT2D eigenvalue weighted by Gasteiger charge is 2.15. The zero-order chi connectivity index (χ0) is 12.4. The van der Waals surface area contributed by atoms with Crippen molar-refractivity contribution in [3.63, 3.8) is 0 Å². The van der Waals surface area contributed by atoms with Crippen LogP contribution >= 0.6 is 0 Å². The van der Waals surface area contributed by atoms with Gasteiger partial charge in [-0.15, -0.1) is 0 Å². The van der Waals surface area contributed by atoms with Gasteiger partial charge in [0.25, 0.3) is 0 Å². The highest BCUT2D eigenvalue weighted by molar-refractivity contribution is 5.70. The zero-order valence-electron chi connectivity index (χ0n) is 10.6. The number of aromatic nitrogens is 3. The summed E-state index contributed by atoms with van der Waals surface area (Å²) < 4.78 is 7.94. The molecule has 0 spiro atoms. The quantitative estimate of drug-likeness (QED) is 0.885. The van der Waals surface area contributed by atoms with Crippen LogP contribution < -0.4 is 5.32 Å². The lowest BCUT2D eigenvalue weighted by Crippen LogP contribution is -2.32. The van der Waals surface area contributed by atoms with Gasteiger partial charge in [-0.3, -0.25) is 0 Å². The number of piperidine rings is 1. The van der Waals surface area contributed by atoms with E-state index in [2.05, 4.69) is 15.3 Å². The fourth-order valence-electron chi connectivity index (χ4n) is 2.35. The van der Waals surface area contributed by atoms with Gasteiger partial charge >= 0.3 is 0 Å². The summed E-state index contributed by atoms with van der Waals surface area (Å²) in [6.45, 7) is 2.67. The number of nitrogens with zero attached hydrogens (tertiary/aromatic N) is 3. The lowest BCUT2D eigenvalue weighted by atomic mass is 10.1. The van der Waals surface area contributed by atoms with E-state index < -0.39 is 0 Å². The monoisotopic (exact) mass is 246 g/mol. The normalized spacial score (nSPS) is 17.4. The predicted octanol–water partition coefficient (Wildman–Crippen LogP) is 1.24. The van der Waals surface area contributed by atoms with Crippen molar-refractivity contribution in [3.8, 4) is 0 Å². The van der Waals surface area contributed by atoms with Gasteiger partial charge < -0.3 is 14.6 Å². The number of aryl methyl sites for hydroxylation is 1. The molecule has 0 amide bonds. The van der Waals surface area contributed by atoms with Crippen molar-refractivity contribution in [1.82, 2.24) is 19.9 Å². The molecule has 2 aromatic heterocycles. The first kappa shape index (κ1) is 11.6. The van der Waals surface area contributed by atoms with Crippen molar-refractivity contribution in [2.24, 2.45) is 7.05 Å². The molecule has 0 unspecified atom stereocenters. The smallest absolute Gasteiger partial charge is 0.159 e. The maximum atomic E-state index is 5.93. The molecule has 1 fully saturated rings. The summed E-state index contributed by atoms with van der Waals surface area (Å²) in [6.07, 6.45) is 4.32. The van der Waals surface area contributed by atoms with Crippen molar-refractivity contribution in [1.29, 1.82) is 0 Å². The number of imidazole rings is 1. The van der Waals surface area contributed by atoms with E-state index in [1.807, 2.05) is 23.7 Å². The molecular formula is C13H18N4O. The summed E-state index contributed by atoms with van der Waals surface area (Å²) in [5, 5.41) is 3.33. The molecule has 0 aliphatic carbocycles. The molecule has 3 rings (SSSR count). The summed E-state index contributed by atoms with van der Waals surface area (Å²) in [7, 11) is 1.99. The first-order chi connectivity index (χ1) is 8.84. The Balaban J connectivity index is 1.72. The van der Waals surface area contributed by atoms with Crippen LogP contribution in [0.25, 0.3) is 11.2 Å². The van der Waals surface area contributed by atoms with Gasteiger partial charge in [0.1, 0.15) is 17.9 Å². The summed E-state index contributed by atoms with van der Waals surface area (Å²) in [4.78, 5) is 8.89. The topological polar surface area (TPSA) is 52.0 Å². The lowest BCUT2D eigenvalue weighted by Gasteiger charge is -2.22. The van der Waals surface area contributed by atoms with Crippen molar-refractivity contribution >= 4 is 11.2 Å². The molecular weight excluding hydrogens is 228 g/mol. The Morgan fingerprint density at radius 1 is 1.44 bits per heavy atom. The van der Waals surface area contributed by atoms with Crippen LogP contribution in [0.2, 0.25) is 0 Å². The number of ether oxygens (including phenoxy) is 1. The Labute approximate surface area is 106 Å². The Hall–Kier alpha value is -1.46. The molecule has 5 heteroatoms. The van der Waals surface area contributed by atoms with Gasteiger partial charge in [0, 0.05) is 13.2 Å². The third kappa shape index (κ3) is 2.23. The van der Waals surface area contributed by atoms with Crippen molar-refractivity contribution in [2.45, 2.75) is 25.6 Å². The summed E-state index contributed by atoms with van der Waals surface area (Å²) in [5.41, 5.74) is 1.85. The van der Waals surface area contributed by atoms with Gasteiger partial charge in [-0.05, 0) is 38.1 Å². The summed E-state index contributed by atoms with van der Waals surface area (Å²) in [6, 6.07) is 3.89. The highest BCUT2D eigenvalue weighted by Crippen LogP contribution is 2.14. The van der Waals surface area contributed by atoms with E-state index in [0.717, 1.165) is 42.9 Å². The molecule has 0 bridgehead atoms. The van der Waals surface area contributed by atoms with Crippen LogP contribution in [0.3, 0.4) is 0 Å².